The van der Waals surface area contributed by atoms with Crippen molar-refractivity contribution in [2.45, 2.75) is 52.4 Å². The molecule has 6 aromatic rings. The van der Waals surface area contributed by atoms with Crippen LogP contribution in [0.3, 0.4) is 0 Å². The van der Waals surface area contributed by atoms with Crippen molar-refractivity contribution in [1.82, 2.24) is 0 Å². The molecule has 42 heavy (non-hydrogen) atoms. The lowest BCUT2D eigenvalue weighted by Crippen LogP contribution is -2.01. The van der Waals surface area contributed by atoms with E-state index in [9.17, 15) is 0 Å². The van der Waals surface area contributed by atoms with E-state index >= 15 is 0 Å². The summed E-state index contributed by atoms with van der Waals surface area (Å²) < 4.78 is 13.1. The van der Waals surface area contributed by atoms with Crippen LogP contribution in [-0.4, -0.2) is 13.2 Å². The van der Waals surface area contributed by atoms with E-state index in [0.717, 1.165) is 104 Å². The third kappa shape index (κ3) is 5.39. The van der Waals surface area contributed by atoms with Gasteiger partial charge in [-0.2, -0.15) is 0 Å². The monoisotopic (exact) mass is 594 g/mol. The highest BCUT2D eigenvalue weighted by molar-refractivity contribution is 6.34. The first-order valence-corrected chi connectivity index (χ1v) is 15.9. The van der Waals surface area contributed by atoms with Gasteiger partial charge in [0, 0.05) is 31.6 Å². The van der Waals surface area contributed by atoms with Gasteiger partial charge in [-0.3, -0.25) is 0 Å². The molecule has 0 fully saturated rings. The molecule has 0 aliphatic heterocycles. The predicted molar refractivity (Wildman–Crippen MR) is 182 cm³/mol. The number of fused-ring (bicyclic) bond motifs is 4. The van der Waals surface area contributed by atoms with Crippen molar-refractivity contribution in [2.24, 2.45) is 0 Å². The highest BCUT2D eigenvalue weighted by Crippen LogP contribution is 2.50. The van der Waals surface area contributed by atoms with Crippen LogP contribution in [0.4, 0.5) is 0 Å². The normalized spacial score (nSPS) is 11.6. The molecular formula is C38H36Cl2O2. The van der Waals surface area contributed by atoms with Gasteiger partial charge in [-0.1, -0.05) is 111 Å². The molecule has 2 nitrogen and oxygen atoms in total. The van der Waals surface area contributed by atoms with E-state index in [1.54, 1.807) is 0 Å². The third-order valence-corrected chi connectivity index (χ3v) is 8.58. The Labute approximate surface area is 258 Å². The second-order valence-electron chi connectivity index (χ2n) is 11.0. The van der Waals surface area contributed by atoms with E-state index in [1.807, 2.05) is 12.1 Å². The molecule has 0 saturated heterocycles. The number of rotatable bonds is 11. The molecule has 0 saturated carbocycles. The minimum atomic E-state index is 0.681. The van der Waals surface area contributed by atoms with Crippen LogP contribution in [0.1, 0.15) is 52.4 Å². The zero-order valence-electron chi connectivity index (χ0n) is 24.3. The van der Waals surface area contributed by atoms with Gasteiger partial charge >= 0.3 is 0 Å². The Bertz CT molecular complexity index is 1750. The number of hydrogen-bond acceptors (Lipinski definition) is 2. The van der Waals surface area contributed by atoms with Crippen molar-refractivity contribution < 1.29 is 9.47 Å². The summed E-state index contributed by atoms with van der Waals surface area (Å²) in [5.74, 6) is 1.83. The van der Waals surface area contributed by atoms with Crippen LogP contribution in [0.15, 0.2) is 84.9 Å². The molecule has 4 heteroatoms. The van der Waals surface area contributed by atoms with Gasteiger partial charge in [-0.15, -0.1) is 0 Å². The molecule has 0 radical (unpaired) electrons. The summed E-state index contributed by atoms with van der Waals surface area (Å²) in [5, 5.41) is 10.1. The van der Waals surface area contributed by atoms with Crippen molar-refractivity contribution in [3.8, 4) is 22.6 Å². The summed E-state index contributed by atoms with van der Waals surface area (Å²) >= 11 is 13.4. The fourth-order valence-electron chi connectivity index (χ4n) is 6.12. The van der Waals surface area contributed by atoms with E-state index in [4.69, 9.17) is 32.7 Å². The van der Waals surface area contributed by atoms with Crippen LogP contribution < -0.4 is 9.47 Å². The van der Waals surface area contributed by atoms with Gasteiger partial charge in [0.05, 0.1) is 13.2 Å². The summed E-state index contributed by atoms with van der Waals surface area (Å²) in [5.41, 5.74) is 2.26. The highest BCUT2D eigenvalue weighted by Gasteiger charge is 2.23. The van der Waals surface area contributed by atoms with Gasteiger partial charge < -0.3 is 9.47 Å². The first-order chi connectivity index (χ1) is 20.6. The molecule has 0 bridgehead atoms. The van der Waals surface area contributed by atoms with Gasteiger partial charge in [-0.25, -0.2) is 0 Å². The maximum Gasteiger partial charge on any atom is 0.134 e. The van der Waals surface area contributed by atoms with Crippen molar-refractivity contribution in [1.29, 1.82) is 0 Å². The summed E-state index contributed by atoms with van der Waals surface area (Å²) in [7, 11) is 0. The van der Waals surface area contributed by atoms with Gasteiger partial charge in [0.15, 0.2) is 0 Å². The summed E-state index contributed by atoms with van der Waals surface area (Å²) in [4.78, 5) is 0. The first-order valence-electron chi connectivity index (χ1n) is 15.2. The standard InChI is InChI=1S/C38H36Cl2O2/c1-3-5-11-21-41-37-29-15-9-7-13-27(29)35(33-23-25(39)17-19-31(33)37)36-28-14-8-10-16-30(28)38(42-22-12-6-4-2)32-20-18-26(40)24-34(32)36/h7-10,13-20,23-24H,3-6,11-12,21-22H2,1-2H3. The summed E-state index contributed by atoms with van der Waals surface area (Å²) in [6.07, 6.45) is 6.64. The molecule has 0 unspecified atom stereocenters. The van der Waals surface area contributed by atoms with Gasteiger partial charge in [0.25, 0.3) is 0 Å². The topological polar surface area (TPSA) is 18.5 Å². The van der Waals surface area contributed by atoms with E-state index in [0.29, 0.717) is 23.3 Å². The Kier molecular flexibility index (Phi) is 8.74. The highest BCUT2D eigenvalue weighted by atomic mass is 35.5. The lowest BCUT2D eigenvalue weighted by atomic mass is 9.85. The summed E-state index contributed by atoms with van der Waals surface area (Å²) in [6, 6.07) is 29.4. The molecule has 0 amide bonds. The van der Waals surface area contributed by atoms with Crippen molar-refractivity contribution in [2.75, 3.05) is 13.2 Å². The largest absolute Gasteiger partial charge is 0.492 e. The lowest BCUT2D eigenvalue weighted by molar-refractivity contribution is 0.313. The molecular weight excluding hydrogens is 559 g/mol. The molecule has 214 valence electrons. The zero-order chi connectivity index (χ0) is 29.1. The average Bonchev–Trinajstić information content (AvgIpc) is 3.01. The van der Waals surface area contributed by atoms with Crippen molar-refractivity contribution in [3.63, 3.8) is 0 Å². The van der Waals surface area contributed by atoms with E-state index in [2.05, 4.69) is 86.6 Å². The molecule has 0 aliphatic rings. The van der Waals surface area contributed by atoms with Crippen LogP contribution in [0, 0.1) is 0 Å². The number of halogens is 2. The molecule has 0 heterocycles. The van der Waals surface area contributed by atoms with Gasteiger partial charge in [0.2, 0.25) is 0 Å². The summed E-state index contributed by atoms with van der Waals surface area (Å²) in [6.45, 7) is 5.79. The Morgan fingerprint density at radius 2 is 0.833 bits per heavy atom. The van der Waals surface area contributed by atoms with E-state index in [-0.39, 0.29) is 0 Å². The van der Waals surface area contributed by atoms with Crippen LogP contribution in [0.2, 0.25) is 10.0 Å². The predicted octanol–water partition coefficient (Wildman–Crippen LogP) is 12.4. The van der Waals surface area contributed by atoms with Crippen LogP contribution in [0.5, 0.6) is 11.5 Å². The molecule has 6 rings (SSSR count). The zero-order valence-corrected chi connectivity index (χ0v) is 25.8. The maximum absolute atomic E-state index is 6.72. The minimum absolute atomic E-state index is 0.681. The number of ether oxygens (including phenoxy) is 2. The molecule has 0 N–H and O–H groups in total. The quantitative estimate of drug-likeness (QED) is 0.110. The Balaban J connectivity index is 1.71. The van der Waals surface area contributed by atoms with Crippen molar-refractivity contribution >= 4 is 66.3 Å². The van der Waals surface area contributed by atoms with Crippen LogP contribution >= 0.6 is 23.2 Å². The molecule has 6 aromatic carbocycles. The number of unbranched alkanes of at least 4 members (excludes halogenated alkanes) is 4. The SMILES string of the molecule is CCCCCOc1c2ccccc2c(-c2c3ccccc3c(OCCCCC)c3ccc(Cl)cc23)c2cc(Cl)ccc12. The molecule has 0 aromatic heterocycles. The first kappa shape index (κ1) is 28.6. The van der Waals surface area contributed by atoms with Gasteiger partial charge in [-0.05, 0) is 81.9 Å². The second kappa shape index (κ2) is 12.8. The lowest BCUT2D eigenvalue weighted by Gasteiger charge is -2.22. The fourth-order valence-corrected chi connectivity index (χ4v) is 6.47. The van der Waals surface area contributed by atoms with Gasteiger partial charge in [0.1, 0.15) is 11.5 Å². The van der Waals surface area contributed by atoms with E-state index in [1.165, 1.54) is 0 Å². The molecule has 0 atom stereocenters. The number of benzene rings is 6. The Morgan fingerprint density at radius 3 is 1.24 bits per heavy atom. The van der Waals surface area contributed by atoms with E-state index < -0.39 is 0 Å². The van der Waals surface area contributed by atoms with Crippen molar-refractivity contribution in [3.05, 3.63) is 95.0 Å². The smallest absolute Gasteiger partial charge is 0.134 e. The third-order valence-electron chi connectivity index (χ3n) is 8.11. The Hall–Kier alpha value is -3.46. The maximum atomic E-state index is 6.72. The van der Waals surface area contributed by atoms with Crippen LogP contribution in [0.25, 0.3) is 54.2 Å². The minimum Gasteiger partial charge on any atom is -0.492 e. The molecule has 0 aliphatic carbocycles. The fraction of sp³-hybridized carbons (Fsp3) is 0.263. The Morgan fingerprint density at radius 1 is 0.452 bits per heavy atom. The molecule has 0 spiro atoms. The number of hydrogen-bond donors (Lipinski definition) is 0. The average molecular weight is 596 g/mol. The second-order valence-corrected chi connectivity index (χ2v) is 11.9. The van der Waals surface area contributed by atoms with Crippen LogP contribution in [-0.2, 0) is 0 Å².